The van der Waals surface area contributed by atoms with E-state index in [1.54, 1.807) is 14.0 Å². The summed E-state index contributed by atoms with van der Waals surface area (Å²) in [5, 5.41) is 21.4. The van der Waals surface area contributed by atoms with E-state index in [0.29, 0.717) is 0 Å². The molecule has 3 N–H and O–H groups in total. The topological polar surface area (TPSA) is 72.8 Å². The van der Waals surface area contributed by atoms with Gasteiger partial charge in [-0.3, -0.25) is 0 Å². The van der Waals surface area contributed by atoms with Gasteiger partial charge in [-0.05, 0) is 31.0 Å². The van der Waals surface area contributed by atoms with Crippen LogP contribution in [-0.2, 0) is 0 Å². The summed E-state index contributed by atoms with van der Waals surface area (Å²) >= 11 is 0. The molecule has 2 amide bonds. The zero-order valence-corrected chi connectivity index (χ0v) is 12.6. The first kappa shape index (κ1) is 16.5. The standard InChI is InChI=1S/C15H24N2O3/c1-11-5-6-12(2)13(7-11)16-14(20)17(4)8-15(3,9-18)10-19/h5-7,18-19H,8-10H2,1-4H3,(H,16,20). The first-order valence-electron chi connectivity index (χ1n) is 6.62. The molecule has 0 spiro atoms. The number of anilines is 1. The molecule has 0 fully saturated rings. The van der Waals surface area contributed by atoms with Gasteiger partial charge in [0.05, 0.1) is 13.2 Å². The zero-order valence-electron chi connectivity index (χ0n) is 12.6. The Balaban J connectivity index is 2.73. The Morgan fingerprint density at radius 1 is 1.30 bits per heavy atom. The molecule has 5 nitrogen and oxygen atoms in total. The average Bonchev–Trinajstić information content (AvgIpc) is 2.42. The Labute approximate surface area is 120 Å². The quantitative estimate of drug-likeness (QED) is 0.769. The number of hydrogen-bond donors (Lipinski definition) is 3. The molecule has 112 valence electrons. The van der Waals surface area contributed by atoms with E-state index >= 15 is 0 Å². The molecule has 0 saturated carbocycles. The van der Waals surface area contributed by atoms with Gasteiger partial charge in [0.1, 0.15) is 0 Å². The predicted molar refractivity (Wildman–Crippen MR) is 79.8 cm³/mol. The fourth-order valence-corrected chi connectivity index (χ4v) is 1.88. The summed E-state index contributed by atoms with van der Waals surface area (Å²) in [5.74, 6) is 0. The van der Waals surface area contributed by atoms with E-state index in [0.717, 1.165) is 16.8 Å². The van der Waals surface area contributed by atoms with Crippen LogP contribution in [0.25, 0.3) is 0 Å². The minimum absolute atomic E-state index is 0.176. The molecule has 0 aliphatic heterocycles. The average molecular weight is 280 g/mol. The van der Waals surface area contributed by atoms with Crippen molar-refractivity contribution in [1.82, 2.24) is 4.90 Å². The second-order valence-corrected chi connectivity index (χ2v) is 5.73. The van der Waals surface area contributed by atoms with Gasteiger partial charge >= 0.3 is 6.03 Å². The van der Waals surface area contributed by atoms with E-state index in [1.165, 1.54) is 4.90 Å². The Bertz CT molecular complexity index is 470. The Morgan fingerprint density at radius 3 is 2.45 bits per heavy atom. The number of hydrogen-bond acceptors (Lipinski definition) is 3. The third-order valence-electron chi connectivity index (χ3n) is 3.36. The molecule has 5 heteroatoms. The maximum atomic E-state index is 12.1. The summed E-state index contributed by atoms with van der Waals surface area (Å²) in [6.45, 7) is 5.55. The normalized spacial score (nSPS) is 11.3. The summed E-state index contributed by atoms with van der Waals surface area (Å²) in [5.41, 5.74) is 2.14. The molecule has 20 heavy (non-hydrogen) atoms. The summed E-state index contributed by atoms with van der Waals surface area (Å²) in [4.78, 5) is 13.6. The number of amides is 2. The molecule has 0 unspecified atom stereocenters. The molecular formula is C15H24N2O3. The largest absolute Gasteiger partial charge is 0.396 e. The lowest BCUT2D eigenvalue weighted by atomic mass is 9.92. The van der Waals surface area contributed by atoms with Gasteiger partial charge in [0, 0.05) is 24.7 Å². The summed E-state index contributed by atoms with van der Waals surface area (Å²) < 4.78 is 0. The summed E-state index contributed by atoms with van der Waals surface area (Å²) in [6.07, 6.45) is 0. The first-order valence-corrected chi connectivity index (χ1v) is 6.62. The van der Waals surface area contributed by atoms with Crippen LogP contribution >= 0.6 is 0 Å². The van der Waals surface area contributed by atoms with Crippen molar-refractivity contribution in [1.29, 1.82) is 0 Å². The molecule has 0 radical (unpaired) electrons. The number of nitrogens with zero attached hydrogens (tertiary/aromatic N) is 1. The molecule has 0 atom stereocenters. The molecule has 0 aliphatic rings. The molecule has 0 aliphatic carbocycles. The van der Waals surface area contributed by atoms with Gasteiger partial charge in [0.2, 0.25) is 0 Å². The molecule has 1 aromatic rings. The zero-order chi connectivity index (χ0) is 15.3. The molecule has 1 aromatic carbocycles. The maximum Gasteiger partial charge on any atom is 0.321 e. The van der Waals surface area contributed by atoms with E-state index in [4.69, 9.17) is 0 Å². The number of benzene rings is 1. The minimum Gasteiger partial charge on any atom is -0.396 e. The first-order chi connectivity index (χ1) is 9.31. The number of carbonyl (C=O) groups is 1. The van der Waals surface area contributed by atoms with Gasteiger partial charge in [-0.2, -0.15) is 0 Å². The summed E-state index contributed by atoms with van der Waals surface area (Å²) in [7, 11) is 1.64. The maximum absolute atomic E-state index is 12.1. The summed E-state index contributed by atoms with van der Waals surface area (Å²) in [6, 6.07) is 5.60. The third-order valence-corrected chi connectivity index (χ3v) is 3.36. The van der Waals surface area contributed by atoms with Crippen molar-refractivity contribution in [3.05, 3.63) is 29.3 Å². The SMILES string of the molecule is Cc1ccc(C)c(NC(=O)N(C)CC(C)(CO)CO)c1. The number of urea groups is 1. The number of rotatable bonds is 5. The Morgan fingerprint density at radius 2 is 1.90 bits per heavy atom. The van der Waals surface area contributed by atoms with Crippen LogP contribution < -0.4 is 5.32 Å². The van der Waals surface area contributed by atoms with Crippen LogP contribution in [0.1, 0.15) is 18.1 Å². The molecule has 1 rings (SSSR count). The second kappa shape index (κ2) is 6.72. The van der Waals surface area contributed by atoms with Gasteiger partial charge in [0.25, 0.3) is 0 Å². The highest BCUT2D eigenvalue weighted by atomic mass is 16.3. The second-order valence-electron chi connectivity index (χ2n) is 5.73. The van der Waals surface area contributed by atoms with Crippen molar-refractivity contribution < 1.29 is 15.0 Å². The highest BCUT2D eigenvalue weighted by molar-refractivity contribution is 5.90. The predicted octanol–water partition coefficient (Wildman–Crippen LogP) is 1.76. The Hall–Kier alpha value is -1.59. The van der Waals surface area contributed by atoms with Crippen molar-refractivity contribution in [2.75, 3.05) is 32.1 Å². The van der Waals surface area contributed by atoms with Gasteiger partial charge in [0.15, 0.2) is 0 Å². The fraction of sp³-hybridized carbons (Fsp3) is 0.533. The van der Waals surface area contributed by atoms with Crippen LogP contribution in [-0.4, -0.2) is 48.0 Å². The lowest BCUT2D eigenvalue weighted by Crippen LogP contribution is -2.43. The smallest absolute Gasteiger partial charge is 0.321 e. The van der Waals surface area contributed by atoms with Crippen LogP contribution in [0.2, 0.25) is 0 Å². The number of carbonyl (C=O) groups excluding carboxylic acids is 1. The van der Waals surface area contributed by atoms with Crippen LogP contribution in [0.15, 0.2) is 18.2 Å². The van der Waals surface area contributed by atoms with Crippen molar-refractivity contribution in [3.63, 3.8) is 0 Å². The number of nitrogens with one attached hydrogen (secondary N) is 1. The molecule has 0 aromatic heterocycles. The fourth-order valence-electron chi connectivity index (χ4n) is 1.88. The monoisotopic (exact) mass is 280 g/mol. The van der Waals surface area contributed by atoms with Gasteiger partial charge in [-0.15, -0.1) is 0 Å². The van der Waals surface area contributed by atoms with Crippen LogP contribution in [0.5, 0.6) is 0 Å². The van der Waals surface area contributed by atoms with E-state index in [1.807, 2.05) is 32.0 Å². The number of aliphatic hydroxyl groups is 2. The van der Waals surface area contributed by atoms with Gasteiger partial charge in [-0.1, -0.05) is 19.1 Å². The van der Waals surface area contributed by atoms with Gasteiger partial charge in [-0.25, -0.2) is 4.79 Å². The van der Waals surface area contributed by atoms with Crippen LogP contribution in [0, 0.1) is 19.3 Å². The lowest BCUT2D eigenvalue weighted by molar-refractivity contribution is 0.0509. The van der Waals surface area contributed by atoms with E-state index in [2.05, 4.69) is 5.32 Å². The molecule has 0 bridgehead atoms. The number of aliphatic hydroxyl groups excluding tert-OH is 2. The highest BCUT2D eigenvalue weighted by Gasteiger charge is 2.26. The van der Waals surface area contributed by atoms with Crippen molar-refractivity contribution in [2.45, 2.75) is 20.8 Å². The van der Waals surface area contributed by atoms with E-state index in [9.17, 15) is 15.0 Å². The molecular weight excluding hydrogens is 256 g/mol. The van der Waals surface area contributed by atoms with Crippen LogP contribution in [0.4, 0.5) is 10.5 Å². The van der Waals surface area contributed by atoms with Crippen molar-refractivity contribution in [2.24, 2.45) is 5.41 Å². The third kappa shape index (κ3) is 4.21. The van der Waals surface area contributed by atoms with Gasteiger partial charge < -0.3 is 20.4 Å². The van der Waals surface area contributed by atoms with Crippen molar-refractivity contribution in [3.8, 4) is 0 Å². The van der Waals surface area contributed by atoms with E-state index < -0.39 is 5.41 Å². The van der Waals surface area contributed by atoms with E-state index in [-0.39, 0.29) is 25.8 Å². The van der Waals surface area contributed by atoms with Crippen LogP contribution in [0.3, 0.4) is 0 Å². The molecule has 0 saturated heterocycles. The lowest BCUT2D eigenvalue weighted by Gasteiger charge is -2.30. The van der Waals surface area contributed by atoms with Crippen molar-refractivity contribution >= 4 is 11.7 Å². The number of aryl methyl sites for hydroxylation is 2. The molecule has 0 heterocycles. The highest BCUT2D eigenvalue weighted by Crippen LogP contribution is 2.19. The Kier molecular flexibility index (Phi) is 5.53. The minimum atomic E-state index is -0.701.